The molecule has 0 radical (unpaired) electrons. The first-order valence-corrected chi connectivity index (χ1v) is 7.68. The number of benzene rings is 2. The molecule has 3 aromatic rings. The van der Waals surface area contributed by atoms with Crippen LogP contribution in [0.4, 0.5) is 14.5 Å². The van der Waals surface area contributed by atoms with Crippen molar-refractivity contribution in [3.05, 3.63) is 78.3 Å². The predicted molar refractivity (Wildman–Crippen MR) is 91.0 cm³/mol. The minimum Gasteiger partial charge on any atom is -0.472 e. The second-order valence-electron chi connectivity index (χ2n) is 5.47. The smallest absolute Gasteiger partial charge is 0.313 e. The number of carbonyl (C=O) groups excluding carboxylic acids is 2. The molecule has 0 saturated carbocycles. The fourth-order valence-corrected chi connectivity index (χ4v) is 2.27. The molecule has 0 aliphatic heterocycles. The third-order valence-electron chi connectivity index (χ3n) is 3.65. The molecular formula is C19H14F2N2O3. The summed E-state index contributed by atoms with van der Waals surface area (Å²) in [6.45, 7) is 0.149. The van der Waals surface area contributed by atoms with E-state index in [1.54, 1.807) is 12.5 Å². The maximum absolute atomic E-state index is 13.1. The largest absolute Gasteiger partial charge is 0.472 e. The summed E-state index contributed by atoms with van der Waals surface area (Å²) in [7, 11) is 0. The van der Waals surface area contributed by atoms with Gasteiger partial charge in [-0.3, -0.25) is 9.59 Å². The Bertz CT molecular complexity index is 922. The van der Waals surface area contributed by atoms with Gasteiger partial charge in [0.05, 0.1) is 12.5 Å². The zero-order chi connectivity index (χ0) is 18.5. The molecule has 2 aromatic carbocycles. The first kappa shape index (κ1) is 17.3. The van der Waals surface area contributed by atoms with Crippen LogP contribution in [0, 0.1) is 11.6 Å². The number of amides is 2. The van der Waals surface area contributed by atoms with Crippen LogP contribution in [0.1, 0.15) is 5.56 Å². The Kier molecular flexibility index (Phi) is 5.07. The topological polar surface area (TPSA) is 71.3 Å². The quantitative estimate of drug-likeness (QED) is 0.703. The van der Waals surface area contributed by atoms with E-state index < -0.39 is 23.4 Å². The van der Waals surface area contributed by atoms with Crippen LogP contribution in [0.15, 0.2) is 65.5 Å². The van der Waals surface area contributed by atoms with Crippen molar-refractivity contribution in [2.45, 2.75) is 6.54 Å². The summed E-state index contributed by atoms with van der Waals surface area (Å²) in [4.78, 5) is 23.6. The molecule has 0 atom stereocenters. The van der Waals surface area contributed by atoms with Crippen LogP contribution in [-0.2, 0) is 16.1 Å². The molecule has 132 valence electrons. The fourth-order valence-electron chi connectivity index (χ4n) is 2.27. The average Bonchev–Trinajstić information content (AvgIpc) is 3.18. The Labute approximate surface area is 147 Å². The third kappa shape index (κ3) is 4.13. The lowest BCUT2D eigenvalue weighted by atomic mass is 10.1. The zero-order valence-corrected chi connectivity index (χ0v) is 13.5. The highest BCUT2D eigenvalue weighted by atomic mass is 19.2. The van der Waals surface area contributed by atoms with E-state index >= 15 is 0 Å². The van der Waals surface area contributed by atoms with Crippen LogP contribution in [0.25, 0.3) is 11.1 Å². The Morgan fingerprint density at radius 2 is 1.65 bits per heavy atom. The molecule has 0 spiro atoms. The van der Waals surface area contributed by atoms with Gasteiger partial charge in [0.25, 0.3) is 0 Å². The van der Waals surface area contributed by atoms with Gasteiger partial charge in [-0.1, -0.05) is 24.3 Å². The van der Waals surface area contributed by atoms with Crippen molar-refractivity contribution in [1.29, 1.82) is 0 Å². The van der Waals surface area contributed by atoms with Gasteiger partial charge in [-0.2, -0.15) is 0 Å². The molecule has 0 unspecified atom stereocenters. The number of halogens is 2. The molecule has 0 saturated heterocycles. The van der Waals surface area contributed by atoms with E-state index in [4.69, 9.17) is 4.42 Å². The first-order valence-electron chi connectivity index (χ1n) is 7.68. The lowest BCUT2D eigenvalue weighted by Gasteiger charge is -2.07. The van der Waals surface area contributed by atoms with E-state index in [-0.39, 0.29) is 12.2 Å². The Morgan fingerprint density at radius 3 is 2.31 bits per heavy atom. The molecule has 2 amide bonds. The molecule has 0 aliphatic rings. The van der Waals surface area contributed by atoms with E-state index in [9.17, 15) is 18.4 Å². The molecule has 3 rings (SSSR count). The number of carbonyl (C=O) groups is 2. The molecule has 0 aliphatic carbocycles. The SMILES string of the molecule is O=C(NCc1ccc(-c2ccoc2)cc1)C(=O)Nc1ccc(F)c(F)c1. The van der Waals surface area contributed by atoms with Gasteiger partial charge >= 0.3 is 11.8 Å². The first-order chi connectivity index (χ1) is 12.5. The van der Waals surface area contributed by atoms with Gasteiger partial charge in [0, 0.05) is 23.9 Å². The van der Waals surface area contributed by atoms with Crippen LogP contribution in [0.2, 0.25) is 0 Å². The van der Waals surface area contributed by atoms with Gasteiger partial charge in [-0.05, 0) is 29.3 Å². The molecule has 0 fully saturated rings. The molecule has 0 bridgehead atoms. The van der Waals surface area contributed by atoms with Gasteiger partial charge in [-0.25, -0.2) is 8.78 Å². The fraction of sp³-hybridized carbons (Fsp3) is 0.0526. The maximum Gasteiger partial charge on any atom is 0.313 e. The van der Waals surface area contributed by atoms with E-state index in [1.807, 2.05) is 30.3 Å². The number of hydrogen-bond acceptors (Lipinski definition) is 3. The molecular weight excluding hydrogens is 342 g/mol. The van der Waals surface area contributed by atoms with Crippen LogP contribution >= 0.6 is 0 Å². The molecule has 2 N–H and O–H groups in total. The van der Waals surface area contributed by atoms with E-state index in [0.29, 0.717) is 0 Å². The van der Waals surface area contributed by atoms with Crippen molar-refractivity contribution in [3.63, 3.8) is 0 Å². The lowest BCUT2D eigenvalue weighted by molar-refractivity contribution is -0.136. The highest BCUT2D eigenvalue weighted by Gasteiger charge is 2.14. The summed E-state index contributed by atoms with van der Waals surface area (Å²) in [6.07, 6.45) is 3.20. The Hall–Kier alpha value is -3.48. The summed E-state index contributed by atoms with van der Waals surface area (Å²) in [5.74, 6) is -3.99. The maximum atomic E-state index is 13.1. The molecule has 1 aromatic heterocycles. The van der Waals surface area contributed by atoms with Gasteiger partial charge < -0.3 is 15.1 Å². The van der Waals surface area contributed by atoms with Crippen molar-refractivity contribution >= 4 is 17.5 Å². The monoisotopic (exact) mass is 356 g/mol. The van der Waals surface area contributed by atoms with E-state index in [2.05, 4.69) is 10.6 Å². The molecule has 5 nitrogen and oxygen atoms in total. The van der Waals surface area contributed by atoms with Crippen molar-refractivity contribution in [2.24, 2.45) is 0 Å². The number of nitrogens with one attached hydrogen (secondary N) is 2. The standard InChI is InChI=1S/C19H14F2N2O3/c20-16-6-5-15(9-17(16)21)23-19(25)18(24)22-10-12-1-3-13(4-2-12)14-7-8-26-11-14/h1-9,11H,10H2,(H,22,24)(H,23,25). The average molecular weight is 356 g/mol. The summed E-state index contributed by atoms with van der Waals surface area (Å²) >= 11 is 0. The summed E-state index contributed by atoms with van der Waals surface area (Å²) in [5.41, 5.74) is 2.69. The van der Waals surface area contributed by atoms with Gasteiger partial charge in [0.15, 0.2) is 11.6 Å². The van der Waals surface area contributed by atoms with Crippen molar-refractivity contribution in [2.75, 3.05) is 5.32 Å². The lowest BCUT2D eigenvalue weighted by Crippen LogP contribution is -2.34. The number of hydrogen-bond donors (Lipinski definition) is 2. The Morgan fingerprint density at radius 1 is 0.885 bits per heavy atom. The third-order valence-corrected chi connectivity index (χ3v) is 3.65. The predicted octanol–water partition coefficient (Wildman–Crippen LogP) is 3.48. The van der Waals surface area contributed by atoms with E-state index in [1.165, 1.54) is 0 Å². The highest BCUT2D eigenvalue weighted by Crippen LogP contribution is 2.20. The van der Waals surface area contributed by atoms with Crippen molar-refractivity contribution in [3.8, 4) is 11.1 Å². The van der Waals surface area contributed by atoms with Gasteiger partial charge in [0.2, 0.25) is 0 Å². The number of anilines is 1. The van der Waals surface area contributed by atoms with Gasteiger partial charge in [0.1, 0.15) is 0 Å². The van der Waals surface area contributed by atoms with Crippen LogP contribution in [0.3, 0.4) is 0 Å². The number of rotatable bonds is 4. The normalized spacial score (nSPS) is 10.4. The molecule has 1 heterocycles. The second-order valence-corrected chi connectivity index (χ2v) is 5.47. The zero-order valence-electron chi connectivity index (χ0n) is 13.5. The van der Waals surface area contributed by atoms with E-state index in [0.717, 1.165) is 34.9 Å². The van der Waals surface area contributed by atoms with Crippen LogP contribution < -0.4 is 10.6 Å². The highest BCUT2D eigenvalue weighted by molar-refractivity contribution is 6.39. The Balaban J connectivity index is 1.54. The second kappa shape index (κ2) is 7.60. The molecule has 26 heavy (non-hydrogen) atoms. The minimum atomic E-state index is -1.11. The molecule has 7 heteroatoms. The summed E-state index contributed by atoms with van der Waals surface area (Å²) < 4.78 is 31.0. The summed E-state index contributed by atoms with van der Waals surface area (Å²) in [6, 6.07) is 12.0. The number of furan rings is 1. The van der Waals surface area contributed by atoms with Crippen molar-refractivity contribution in [1.82, 2.24) is 5.32 Å². The van der Waals surface area contributed by atoms with Gasteiger partial charge in [-0.15, -0.1) is 0 Å². The van der Waals surface area contributed by atoms with Crippen LogP contribution in [0.5, 0.6) is 0 Å². The minimum absolute atomic E-state index is 0.00600. The van der Waals surface area contributed by atoms with Crippen LogP contribution in [-0.4, -0.2) is 11.8 Å². The summed E-state index contributed by atoms with van der Waals surface area (Å²) in [5, 5.41) is 4.67. The van der Waals surface area contributed by atoms with Crippen molar-refractivity contribution < 1.29 is 22.8 Å².